The monoisotopic (exact) mass is 346 g/mol. The van der Waals surface area contributed by atoms with Crippen LogP contribution in [-0.4, -0.2) is 23.3 Å². The topological polar surface area (TPSA) is 70.9 Å². The molecule has 0 bridgehead atoms. The summed E-state index contributed by atoms with van der Waals surface area (Å²) >= 11 is 5.89. The van der Waals surface area contributed by atoms with Gasteiger partial charge in [-0.05, 0) is 62.2 Å². The molecular weight excluding hydrogens is 328 g/mol. The summed E-state index contributed by atoms with van der Waals surface area (Å²) in [6.07, 6.45) is 0. The molecule has 2 aromatic rings. The van der Waals surface area contributed by atoms with Crippen molar-refractivity contribution in [2.24, 2.45) is 5.10 Å². The third-order valence-electron chi connectivity index (χ3n) is 3.26. The maximum atomic E-state index is 11.8. The van der Waals surface area contributed by atoms with Crippen LogP contribution in [0.3, 0.4) is 0 Å². The minimum absolute atomic E-state index is 0.0429. The molecule has 5 nitrogen and oxygen atoms in total. The summed E-state index contributed by atoms with van der Waals surface area (Å²) in [6, 6.07) is 10.4. The maximum Gasteiger partial charge on any atom is 0.277 e. The number of hydrazone groups is 1. The Morgan fingerprint density at radius 2 is 1.88 bits per heavy atom. The van der Waals surface area contributed by atoms with Crippen molar-refractivity contribution >= 4 is 23.2 Å². The number of carbonyl (C=O) groups excluding carboxylic acids is 1. The number of phenolic OH excluding ortho intramolecular Hbond substituents is 1. The van der Waals surface area contributed by atoms with E-state index in [1.165, 1.54) is 6.07 Å². The SMILES string of the molecule is C/C(=N\NC(=O)COc1cc(C)cc(C)c1)c1cc(Cl)ccc1O. The normalized spacial score (nSPS) is 11.2. The number of aromatic hydroxyl groups is 1. The summed E-state index contributed by atoms with van der Waals surface area (Å²) in [5.41, 5.74) is 5.42. The average Bonchev–Trinajstić information content (AvgIpc) is 2.52. The van der Waals surface area contributed by atoms with Crippen LogP contribution in [-0.2, 0) is 4.79 Å². The van der Waals surface area contributed by atoms with E-state index in [-0.39, 0.29) is 12.4 Å². The molecule has 0 spiro atoms. The van der Waals surface area contributed by atoms with Crippen LogP contribution in [0.2, 0.25) is 5.02 Å². The number of nitrogens with one attached hydrogen (secondary N) is 1. The van der Waals surface area contributed by atoms with E-state index in [1.54, 1.807) is 19.1 Å². The Balaban J connectivity index is 1.95. The molecule has 0 aliphatic rings. The van der Waals surface area contributed by atoms with Gasteiger partial charge in [0.1, 0.15) is 11.5 Å². The van der Waals surface area contributed by atoms with Gasteiger partial charge in [0.15, 0.2) is 6.61 Å². The zero-order valence-corrected chi connectivity index (χ0v) is 14.5. The Hall–Kier alpha value is -2.53. The predicted octanol–water partition coefficient (Wildman–Crippen LogP) is 3.58. The van der Waals surface area contributed by atoms with Crippen molar-refractivity contribution in [3.63, 3.8) is 0 Å². The summed E-state index contributed by atoms with van der Waals surface area (Å²) in [5, 5.41) is 14.2. The van der Waals surface area contributed by atoms with Gasteiger partial charge in [0, 0.05) is 10.6 Å². The first-order valence-corrected chi connectivity index (χ1v) is 7.76. The van der Waals surface area contributed by atoms with Gasteiger partial charge in [0.2, 0.25) is 0 Å². The molecule has 6 heteroatoms. The van der Waals surface area contributed by atoms with E-state index >= 15 is 0 Å². The van der Waals surface area contributed by atoms with E-state index in [2.05, 4.69) is 10.5 Å². The highest BCUT2D eigenvalue weighted by molar-refractivity contribution is 6.31. The van der Waals surface area contributed by atoms with Gasteiger partial charge < -0.3 is 9.84 Å². The predicted molar refractivity (Wildman–Crippen MR) is 94.9 cm³/mol. The summed E-state index contributed by atoms with van der Waals surface area (Å²) in [7, 11) is 0. The Morgan fingerprint density at radius 1 is 1.21 bits per heavy atom. The fourth-order valence-corrected chi connectivity index (χ4v) is 2.37. The molecule has 0 atom stereocenters. The zero-order chi connectivity index (χ0) is 17.7. The number of amides is 1. The van der Waals surface area contributed by atoms with E-state index in [4.69, 9.17) is 16.3 Å². The third-order valence-corrected chi connectivity index (χ3v) is 3.50. The van der Waals surface area contributed by atoms with Crippen LogP contribution in [0, 0.1) is 13.8 Å². The van der Waals surface area contributed by atoms with Gasteiger partial charge in [-0.15, -0.1) is 0 Å². The molecule has 2 N–H and O–H groups in total. The number of nitrogens with zero attached hydrogens (tertiary/aromatic N) is 1. The first-order chi connectivity index (χ1) is 11.3. The highest BCUT2D eigenvalue weighted by Gasteiger charge is 2.07. The molecule has 2 aromatic carbocycles. The number of carbonyl (C=O) groups is 1. The van der Waals surface area contributed by atoms with Crippen molar-refractivity contribution in [3.8, 4) is 11.5 Å². The largest absolute Gasteiger partial charge is 0.507 e. The molecule has 1 amide bonds. The Kier molecular flexibility index (Phi) is 5.82. The smallest absolute Gasteiger partial charge is 0.277 e. The summed E-state index contributed by atoms with van der Waals surface area (Å²) in [5.74, 6) is 0.284. The molecule has 0 aromatic heterocycles. The fraction of sp³-hybridized carbons (Fsp3) is 0.222. The second-order valence-corrected chi connectivity index (χ2v) is 5.94. The van der Waals surface area contributed by atoms with E-state index in [9.17, 15) is 9.90 Å². The van der Waals surface area contributed by atoms with Crippen molar-refractivity contribution in [1.82, 2.24) is 5.43 Å². The number of aryl methyl sites for hydroxylation is 2. The van der Waals surface area contributed by atoms with E-state index in [1.807, 2.05) is 32.0 Å². The molecule has 0 fully saturated rings. The zero-order valence-electron chi connectivity index (χ0n) is 13.8. The number of benzene rings is 2. The molecule has 126 valence electrons. The number of rotatable bonds is 5. The van der Waals surface area contributed by atoms with Crippen molar-refractivity contribution in [2.75, 3.05) is 6.61 Å². The molecule has 24 heavy (non-hydrogen) atoms. The lowest BCUT2D eigenvalue weighted by molar-refractivity contribution is -0.123. The first-order valence-electron chi connectivity index (χ1n) is 7.38. The van der Waals surface area contributed by atoms with Gasteiger partial charge in [-0.2, -0.15) is 5.10 Å². The second-order valence-electron chi connectivity index (χ2n) is 5.51. The minimum Gasteiger partial charge on any atom is -0.507 e. The lowest BCUT2D eigenvalue weighted by Gasteiger charge is -2.08. The molecule has 0 unspecified atom stereocenters. The number of hydrogen-bond acceptors (Lipinski definition) is 4. The number of ether oxygens (including phenoxy) is 1. The average molecular weight is 347 g/mol. The lowest BCUT2D eigenvalue weighted by atomic mass is 10.1. The highest BCUT2D eigenvalue weighted by atomic mass is 35.5. The molecule has 0 heterocycles. The lowest BCUT2D eigenvalue weighted by Crippen LogP contribution is -2.25. The van der Waals surface area contributed by atoms with Crippen molar-refractivity contribution in [1.29, 1.82) is 0 Å². The molecule has 0 radical (unpaired) electrons. The van der Waals surface area contributed by atoms with Crippen LogP contribution in [0.5, 0.6) is 11.5 Å². The van der Waals surface area contributed by atoms with E-state index in [0.29, 0.717) is 22.0 Å². The van der Waals surface area contributed by atoms with Crippen LogP contribution in [0.25, 0.3) is 0 Å². The van der Waals surface area contributed by atoms with Crippen LogP contribution in [0.15, 0.2) is 41.5 Å². The molecule has 0 saturated carbocycles. The van der Waals surface area contributed by atoms with Gasteiger partial charge in [-0.25, -0.2) is 5.43 Å². The molecule has 0 aliphatic carbocycles. The van der Waals surface area contributed by atoms with Crippen LogP contribution in [0.4, 0.5) is 0 Å². The summed E-state index contributed by atoms with van der Waals surface area (Å²) in [6.45, 7) is 5.44. The molecule has 0 aliphatic heterocycles. The Labute approximate surface area is 145 Å². The quantitative estimate of drug-likeness (QED) is 0.642. The first kappa shape index (κ1) is 17.8. The second kappa shape index (κ2) is 7.84. The number of phenols is 1. The highest BCUT2D eigenvalue weighted by Crippen LogP contribution is 2.22. The molecule has 0 saturated heterocycles. The fourth-order valence-electron chi connectivity index (χ4n) is 2.20. The van der Waals surface area contributed by atoms with Gasteiger partial charge >= 0.3 is 0 Å². The van der Waals surface area contributed by atoms with Crippen molar-refractivity contribution < 1.29 is 14.6 Å². The van der Waals surface area contributed by atoms with E-state index in [0.717, 1.165) is 11.1 Å². The molecular formula is C18H19ClN2O3. The van der Waals surface area contributed by atoms with Gasteiger partial charge in [-0.3, -0.25) is 4.79 Å². The van der Waals surface area contributed by atoms with Gasteiger partial charge in [0.05, 0.1) is 5.71 Å². The van der Waals surface area contributed by atoms with Crippen LogP contribution < -0.4 is 10.2 Å². The number of halogens is 1. The van der Waals surface area contributed by atoms with E-state index < -0.39 is 5.91 Å². The summed E-state index contributed by atoms with van der Waals surface area (Å²) < 4.78 is 5.46. The maximum absolute atomic E-state index is 11.8. The Morgan fingerprint density at radius 3 is 2.54 bits per heavy atom. The van der Waals surface area contributed by atoms with Crippen LogP contribution >= 0.6 is 11.6 Å². The molecule has 2 rings (SSSR count). The third kappa shape index (κ3) is 4.99. The van der Waals surface area contributed by atoms with Crippen molar-refractivity contribution in [2.45, 2.75) is 20.8 Å². The van der Waals surface area contributed by atoms with Crippen molar-refractivity contribution in [3.05, 3.63) is 58.1 Å². The number of hydrogen-bond donors (Lipinski definition) is 2. The minimum atomic E-state index is -0.393. The van der Waals surface area contributed by atoms with Gasteiger partial charge in [0.25, 0.3) is 5.91 Å². The van der Waals surface area contributed by atoms with Crippen LogP contribution in [0.1, 0.15) is 23.6 Å². The summed E-state index contributed by atoms with van der Waals surface area (Å²) in [4.78, 5) is 11.8. The van der Waals surface area contributed by atoms with Gasteiger partial charge in [-0.1, -0.05) is 17.7 Å². The Bertz CT molecular complexity index is 768. The standard InChI is InChI=1S/C18H19ClN2O3/c1-11-6-12(2)8-15(7-11)24-10-18(23)21-20-13(3)16-9-14(19)4-5-17(16)22/h4-9,22H,10H2,1-3H3,(H,21,23)/b20-13+.